The highest BCUT2D eigenvalue weighted by molar-refractivity contribution is 7.89. The maximum absolute atomic E-state index is 12.7. The van der Waals surface area contributed by atoms with Crippen LogP contribution in [0.3, 0.4) is 0 Å². The number of sulfonamides is 1. The van der Waals surface area contributed by atoms with Gasteiger partial charge in [0.15, 0.2) is 0 Å². The summed E-state index contributed by atoms with van der Waals surface area (Å²) in [5.41, 5.74) is 0.814. The second-order valence-electron chi connectivity index (χ2n) is 6.44. The van der Waals surface area contributed by atoms with Crippen LogP contribution in [0.15, 0.2) is 53.7 Å². The van der Waals surface area contributed by atoms with E-state index in [1.807, 2.05) is 6.07 Å². The number of carbonyl (C=O) groups excluding carboxylic acids is 1. The molecule has 1 atom stereocenters. The third-order valence-corrected chi connectivity index (χ3v) is 6.10. The standard InChI is InChI=1S/C20H25ClN2O4S/c1-27-20(24)9-5-3-2-4-8-19(16-7-6-14-22-15-16)23-28(25,26)18-12-10-17(21)11-13-18/h6-7,10-15,19,23H,2-5,8-9H2,1H3. The fraction of sp³-hybridized carbons (Fsp3) is 0.400. The third-order valence-electron chi connectivity index (χ3n) is 4.36. The molecule has 0 spiro atoms. The van der Waals surface area contributed by atoms with Gasteiger partial charge >= 0.3 is 5.97 Å². The van der Waals surface area contributed by atoms with Gasteiger partial charge in [-0.05, 0) is 48.7 Å². The smallest absolute Gasteiger partial charge is 0.305 e. The van der Waals surface area contributed by atoms with Gasteiger partial charge in [0.2, 0.25) is 10.0 Å². The Balaban J connectivity index is 1.98. The van der Waals surface area contributed by atoms with Crippen molar-refractivity contribution in [1.82, 2.24) is 9.71 Å². The molecule has 1 heterocycles. The van der Waals surface area contributed by atoms with Crippen molar-refractivity contribution in [3.63, 3.8) is 0 Å². The topological polar surface area (TPSA) is 85.4 Å². The van der Waals surface area contributed by atoms with Crippen LogP contribution in [-0.4, -0.2) is 26.5 Å². The van der Waals surface area contributed by atoms with Gasteiger partial charge in [-0.3, -0.25) is 9.78 Å². The fourth-order valence-electron chi connectivity index (χ4n) is 2.82. The van der Waals surface area contributed by atoms with E-state index in [9.17, 15) is 13.2 Å². The van der Waals surface area contributed by atoms with Crippen LogP contribution in [0.25, 0.3) is 0 Å². The average molecular weight is 425 g/mol. The predicted octanol–water partition coefficient (Wildman–Crippen LogP) is 4.27. The van der Waals surface area contributed by atoms with Gasteiger partial charge in [-0.25, -0.2) is 13.1 Å². The molecule has 0 saturated heterocycles. The van der Waals surface area contributed by atoms with Crippen LogP contribution < -0.4 is 4.72 Å². The second-order valence-corrected chi connectivity index (χ2v) is 8.59. The third kappa shape index (κ3) is 7.22. The number of unbranched alkanes of at least 4 members (excludes halogenated alkanes) is 3. The van der Waals surface area contributed by atoms with Gasteiger partial charge in [0.05, 0.1) is 12.0 Å². The normalized spacial score (nSPS) is 12.5. The minimum absolute atomic E-state index is 0.170. The van der Waals surface area contributed by atoms with E-state index in [1.54, 1.807) is 30.6 Å². The van der Waals surface area contributed by atoms with Crippen molar-refractivity contribution in [2.45, 2.75) is 49.5 Å². The van der Waals surface area contributed by atoms with Gasteiger partial charge in [0.1, 0.15) is 0 Å². The highest BCUT2D eigenvalue weighted by atomic mass is 35.5. The SMILES string of the molecule is COC(=O)CCCCCCC(NS(=O)(=O)c1ccc(Cl)cc1)c1cccnc1. The average Bonchev–Trinajstić information content (AvgIpc) is 2.70. The van der Waals surface area contributed by atoms with Gasteiger partial charge < -0.3 is 4.74 Å². The van der Waals surface area contributed by atoms with Crippen molar-refractivity contribution in [2.24, 2.45) is 0 Å². The minimum Gasteiger partial charge on any atom is -0.469 e. The lowest BCUT2D eigenvalue weighted by Gasteiger charge is -2.19. The molecule has 0 amide bonds. The maximum Gasteiger partial charge on any atom is 0.305 e. The number of nitrogens with zero attached hydrogens (tertiary/aromatic N) is 1. The molecule has 28 heavy (non-hydrogen) atoms. The molecule has 0 aliphatic rings. The lowest BCUT2D eigenvalue weighted by molar-refractivity contribution is -0.140. The highest BCUT2D eigenvalue weighted by Gasteiger charge is 2.21. The number of halogens is 1. The molecule has 152 valence electrons. The van der Waals surface area contributed by atoms with Gasteiger partial charge in [-0.15, -0.1) is 0 Å². The number of ether oxygens (including phenoxy) is 1. The van der Waals surface area contributed by atoms with Crippen LogP contribution in [0.4, 0.5) is 0 Å². The summed E-state index contributed by atoms with van der Waals surface area (Å²) in [7, 11) is -2.30. The summed E-state index contributed by atoms with van der Waals surface area (Å²) < 4.78 is 32.9. The number of rotatable bonds is 11. The molecule has 0 aliphatic heterocycles. The molecule has 1 N–H and O–H groups in total. The van der Waals surface area contributed by atoms with Gasteiger partial charge in [0.25, 0.3) is 0 Å². The minimum atomic E-state index is -3.68. The Morgan fingerprint density at radius 3 is 2.50 bits per heavy atom. The molecule has 1 unspecified atom stereocenters. The molecule has 2 aromatic rings. The van der Waals surface area contributed by atoms with E-state index in [-0.39, 0.29) is 16.9 Å². The van der Waals surface area contributed by atoms with Gasteiger partial charge in [0, 0.05) is 29.9 Å². The molecule has 0 aliphatic carbocycles. The summed E-state index contributed by atoms with van der Waals surface area (Å²) in [5.74, 6) is -0.205. The molecule has 0 radical (unpaired) electrons. The van der Waals surface area contributed by atoms with Crippen molar-refractivity contribution < 1.29 is 17.9 Å². The number of pyridine rings is 1. The molecule has 0 saturated carbocycles. The van der Waals surface area contributed by atoms with E-state index in [0.717, 1.165) is 31.2 Å². The second kappa shape index (κ2) is 11.1. The number of aromatic nitrogens is 1. The molecule has 0 fully saturated rings. The zero-order chi connectivity index (χ0) is 20.4. The van der Waals surface area contributed by atoms with Crippen molar-refractivity contribution in [1.29, 1.82) is 0 Å². The zero-order valence-electron chi connectivity index (χ0n) is 15.8. The van der Waals surface area contributed by atoms with Gasteiger partial charge in [-0.1, -0.05) is 36.9 Å². The van der Waals surface area contributed by atoms with Crippen molar-refractivity contribution in [2.75, 3.05) is 7.11 Å². The zero-order valence-corrected chi connectivity index (χ0v) is 17.4. The Bertz CT molecular complexity index is 842. The number of esters is 1. The summed E-state index contributed by atoms with van der Waals surface area (Å²) in [6, 6.07) is 9.34. The number of hydrogen-bond acceptors (Lipinski definition) is 5. The monoisotopic (exact) mass is 424 g/mol. The lowest BCUT2D eigenvalue weighted by atomic mass is 10.0. The van der Waals surface area contributed by atoms with Crippen LogP contribution in [0.5, 0.6) is 0 Å². The van der Waals surface area contributed by atoms with Crippen LogP contribution in [0.2, 0.25) is 5.02 Å². The number of benzene rings is 1. The van der Waals surface area contributed by atoms with E-state index in [4.69, 9.17) is 11.6 Å². The molecule has 1 aromatic heterocycles. The van der Waals surface area contributed by atoms with E-state index in [1.165, 1.54) is 19.2 Å². The van der Waals surface area contributed by atoms with Gasteiger partial charge in [-0.2, -0.15) is 0 Å². The Morgan fingerprint density at radius 1 is 1.14 bits per heavy atom. The number of carbonyl (C=O) groups is 1. The quantitative estimate of drug-likeness (QED) is 0.430. The van der Waals surface area contributed by atoms with Crippen molar-refractivity contribution in [3.8, 4) is 0 Å². The highest BCUT2D eigenvalue weighted by Crippen LogP contribution is 2.23. The van der Waals surface area contributed by atoms with Crippen LogP contribution >= 0.6 is 11.6 Å². The number of hydrogen-bond donors (Lipinski definition) is 1. The Kier molecular flexibility index (Phi) is 8.89. The molecule has 8 heteroatoms. The lowest BCUT2D eigenvalue weighted by Crippen LogP contribution is -2.28. The summed E-state index contributed by atoms with van der Waals surface area (Å²) in [6.07, 6.45) is 7.75. The van der Waals surface area contributed by atoms with Crippen molar-refractivity contribution in [3.05, 3.63) is 59.4 Å². The summed E-state index contributed by atoms with van der Waals surface area (Å²) in [6.45, 7) is 0. The first kappa shape index (κ1) is 22.3. The number of nitrogens with one attached hydrogen (secondary N) is 1. The molecule has 2 rings (SSSR count). The van der Waals surface area contributed by atoms with E-state index in [2.05, 4.69) is 14.4 Å². The van der Waals surface area contributed by atoms with Crippen LogP contribution in [0.1, 0.15) is 50.1 Å². The van der Waals surface area contributed by atoms with Crippen LogP contribution in [-0.2, 0) is 19.6 Å². The first-order valence-electron chi connectivity index (χ1n) is 9.17. The molecular formula is C20H25ClN2O4S. The Labute approximate surface area is 171 Å². The molecular weight excluding hydrogens is 400 g/mol. The number of methoxy groups -OCH3 is 1. The summed E-state index contributed by atoms with van der Waals surface area (Å²) >= 11 is 5.85. The first-order valence-corrected chi connectivity index (χ1v) is 11.0. The maximum atomic E-state index is 12.7. The van der Waals surface area contributed by atoms with Crippen LogP contribution in [0, 0.1) is 0 Å². The van der Waals surface area contributed by atoms with E-state index < -0.39 is 10.0 Å². The van der Waals surface area contributed by atoms with E-state index >= 15 is 0 Å². The summed E-state index contributed by atoms with van der Waals surface area (Å²) in [4.78, 5) is 15.4. The Morgan fingerprint density at radius 2 is 1.86 bits per heavy atom. The molecule has 6 nitrogen and oxygen atoms in total. The molecule has 0 bridgehead atoms. The van der Waals surface area contributed by atoms with E-state index in [0.29, 0.717) is 17.9 Å². The molecule has 1 aromatic carbocycles. The fourth-order valence-corrected chi connectivity index (χ4v) is 4.20. The van der Waals surface area contributed by atoms with Crippen molar-refractivity contribution >= 4 is 27.6 Å². The Hall–Kier alpha value is -1.96. The summed E-state index contributed by atoms with van der Waals surface area (Å²) in [5, 5.41) is 0.481. The first-order chi connectivity index (χ1) is 13.4. The largest absolute Gasteiger partial charge is 0.469 e. The predicted molar refractivity (Wildman–Crippen MR) is 108 cm³/mol.